The van der Waals surface area contributed by atoms with Crippen molar-refractivity contribution >= 4 is 11.9 Å². The van der Waals surface area contributed by atoms with E-state index >= 15 is 0 Å². The van der Waals surface area contributed by atoms with Gasteiger partial charge in [0.2, 0.25) is 0 Å². The highest BCUT2D eigenvalue weighted by Gasteiger charge is 2.19. The first-order valence-corrected chi connectivity index (χ1v) is 11.8. The lowest BCUT2D eigenvalue weighted by Crippen LogP contribution is -2.27. The Morgan fingerprint density at radius 3 is 1.97 bits per heavy atom. The summed E-state index contributed by atoms with van der Waals surface area (Å²) >= 11 is 0. The maximum Gasteiger partial charge on any atom is 0.306 e. The summed E-state index contributed by atoms with van der Waals surface area (Å²) in [5.41, 5.74) is 1.85. The van der Waals surface area contributed by atoms with Crippen LogP contribution < -0.4 is 14.8 Å². The second-order valence-corrected chi connectivity index (χ2v) is 9.13. The van der Waals surface area contributed by atoms with Crippen molar-refractivity contribution in [3.05, 3.63) is 95.6 Å². The smallest absolute Gasteiger partial charge is 0.306 e. The van der Waals surface area contributed by atoms with Crippen molar-refractivity contribution < 1.29 is 23.8 Å². The highest BCUT2D eigenvalue weighted by atomic mass is 16.6. The average Bonchev–Trinajstić information content (AvgIpc) is 2.84. The molecule has 0 fully saturated rings. The number of rotatable bonds is 11. The Labute approximate surface area is 207 Å². The molecule has 0 heterocycles. The molecule has 6 nitrogen and oxygen atoms in total. The molecule has 0 saturated carbocycles. The molecule has 6 heteroatoms. The molecule has 0 radical (unpaired) electrons. The normalized spacial score (nSPS) is 10.9. The van der Waals surface area contributed by atoms with Gasteiger partial charge in [0, 0.05) is 13.0 Å². The Morgan fingerprint density at radius 2 is 1.37 bits per heavy atom. The Morgan fingerprint density at radius 1 is 0.771 bits per heavy atom. The van der Waals surface area contributed by atoms with E-state index in [1.165, 1.54) is 0 Å². The van der Waals surface area contributed by atoms with Crippen LogP contribution in [0.4, 0.5) is 0 Å². The summed E-state index contributed by atoms with van der Waals surface area (Å²) in [6.07, 6.45) is 0.709. The van der Waals surface area contributed by atoms with Gasteiger partial charge in [-0.2, -0.15) is 0 Å². The van der Waals surface area contributed by atoms with Crippen molar-refractivity contribution in [3.63, 3.8) is 0 Å². The number of esters is 1. The maximum atomic E-state index is 13.0. The fraction of sp³-hybridized carbons (Fsp3) is 0.310. The molecule has 1 amide bonds. The summed E-state index contributed by atoms with van der Waals surface area (Å²) in [7, 11) is 0. The Balaban J connectivity index is 1.68. The standard InChI is InChI=1S/C29H33NO5/c1-29(2,3)35-26(31)18-11-19-30-28(32)24-16-10-17-25(33-20-22-12-6-4-7-13-22)27(24)34-21-23-14-8-5-9-15-23/h4-10,12-17H,11,18-21H2,1-3H3,(H,30,32). The molecule has 0 aromatic heterocycles. The molecule has 0 aliphatic heterocycles. The number of carbonyl (C=O) groups excluding carboxylic acids is 2. The van der Waals surface area contributed by atoms with Gasteiger partial charge in [0.25, 0.3) is 5.91 Å². The third-order valence-electron chi connectivity index (χ3n) is 4.95. The van der Waals surface area contributed by atoms with Crippen molar-refractivity contribution in [3.8, 4) is 11.5 Å². The number of nitrogens with one attached hydrogen (secondary N) is 1. The van der Waals surface area contributed by atoms with Gasteiger partial charge in [0.1, 0.15) is 18.8 Å². The van der Waals surface area contributed by atoms with Crippen LogP contribution in [0, 0.1) is 0 Å². The summed E-state index contributed by atoms with van der Waals surface area (Å²) in [4.78, 5) is 24.9. The predicted molar refractivity (Wildman–Crippen MR) is 135 cm³/mol. The van der Waals surface area contributed by atoms with Crippen LogP contribution in [0.2, 0.25) is 0 Å². The Kier molecular flexibility index (Phi) is 9.30. The minimum absolute atomic E-state index is 0.231. The molecule has 3 aromatic rings. The number of hydrogen-bond donors (Lipinski definition) is 1. The zero-order valence-electron chi connectivity index (χ0n) is 20.6. The number of benzene rings is 3. The predicted octanol–water partition coefficient (Wildman–Crippen LogP) is 5.70. The van der Waals surface area contributed by atoms with Gasteiger partial charge in [-0.15, -0.1) is 0 Å². The van der Waals surface area contributed by atoms with E-state index in [9.17, 15) is 9.59 Å². The third-order valence-corrected chi connectivity index (χ3v) is 4.95. The van der Waals surface area contributed by atoms with Crippen LogP contribution in [-0.4, -0.2) is 24.0 Å². The molecule has 35 heavy (non-hydrogen) atoms. The first-order chi connectivity index (χ1) is 16.8. The summed E-state index contributed by atoms with van der Waals surface area (Å²) in [5, 5.41) is 2.87. The van der Waals surface area contributed by atoms with Gasteiger partial charge in [-0.3, -0.25) is 9.59 Å². The fourth-order valence-corrected chi connectivity index (χ4v) is 3.34. The molecule has 3 aromatic carbocycles. The van der Waals surface area contributed by atoms with E-state index in [1.54, 1.807) is 18.2 Å². The summed E-state index contributed by atoms with van der Waals surface area (Å²) in [6, 6.07) is 24.8. The van der Waals surface area contributed by atoms with Gasteiger partial charge in [-0.25, -0.2) is 0 Å². The third kappa shape index (κ3) is 8.81. The zero-order valence-corrected chi connectivity index (χ0v) is 20.6. The first-order valence-electron chi connectivity index (χ1n) is 11.8. The molecular weight excluding hydrogens is 442 g/mol. The zero-order chi connectivity index (χ0) is 25.1. The largest absolute Gasteiger partial charge is 0.485 e. The molecule has 0 aliphatic carbocycles. The topological polar surface area (TPSA) is 73.9 Å². The Bertz CT molecular complexity index is 1090. The lowest BCUT2D eigenvalue weighted by Gasteiger charge is -2.19. The van der Waals surface area contributed by atoms with Crippen LogP contribution in [0.25, 0.3) is 0 Å². The van der Waals surface area contributed by atoms with Gasteiger partial charge in [0.05, 0.1) is 5.56 Å². The van der Waals surface area contributed by atoms with Gasteiger partial charge >= 0.3 is 5.97 Å². The lowest BCUT2D eigenvalue weighted by molar-refractivity contribution is -0.154. The SMILES string of the molecule is CC(C)(C)OC(=O)CCCNC(=O)c1cccc(OCc2ccccc2)c1OCc1ccccc1. The van der Waals surface area contributed by atoms with E-state index < -0.39 is 5.60 Å². The number of ether oxygens (including phenoxy) is 3. The second-order valence-electron chi connectivity index (χ2n) is 9.13. The van der Waals surface area contributed by atoms with Gasteiger partial charge < -0.3 is 19.5 Å². The highest BCUT2D eigenvalue weighted by Crippen LogP contribution is 2.33. The Hall–Kier alpha value is -3.80. The fourth-order valence-electron chi connectivity index (χ4n) is 3.34. The molecular formula is C29H33NO5. The van der Waals surface area contributed by atoms with Crippen LogP contribution in [0.15, 0.2) is 78.9 Å². The van der Waals surface area contributed by atoms with Crippen molar-refractivity contribution in [2.24, 2.45) is 0 Å². The monoisotopic (exact) mass is 475 g/mol. The van der Waals surface area contributed by atoms with E-state index in [-0.39, 0.29) is 18.3 Å². The van der Waals surface area contributed by atoms with Crippen molar-refractivity contribution in [1.29, 1.82) is 0 Å². The molecule has 1 N–H and O–H groups in total. The second kappa shape index (κ2) is 12.6. The lowest BCUT2D eigenvalue weighted by atomic mass is 10.1. The number of para-hydroxylation sites is 1. The van der Waals surface area contributed by atoms with Gasteiger partial charge in [-0.05, 0) is 50.5 Å². The first kappa shape index (κ1) is 25.8. The van der Waals surface area contributed by atoms with Crippen LogP contribution in [0.1, 0.15) is 55.1 Å². The van der Waals surface area contributed by atoms with Crippen LogP contribution in [0.3, 0.4) is 0 Å². The molecule has 0 aliphatic rings. The van der Waals surface area contributed by atoms with Gasteiger partial charge in [0.15, 0.2) is 11.5 Å². The van der Waals surface area contributed by atoms with Crippen LogP contribution in [-0.2, 0) is 22.7 Å². The molecule has 0 saturated heterocycles. The van der Waals surface area contributed by atoms with E-state index in [4.69, 9.17) is 14.2 Å². The summed E-state index contributed by atoms with van der Waals surface area (Å²) in [5.74, 6) is 0.306. The van der Waals surface area contributed by atoms with E-state index in [0.717, 1.165) is 11.1 Å². The molecule has 184 valence electrons. The van der Waals surface area contributed by atoms with Crippen LogP contribution >= 0.6 is 0 Å². The molecule has 0 unspecified atom stereocenters. The van der Waals surface area contributed by atoms with E-state index in [0.29, 0.717) is 43.2 Å². The molecule has 0 atom stereocenters. The number of hydrogen-bond acceptors (Lipinski definition) is 5. The summed E-state index contributed by atoms with van der Waals surface area (Å²) < 4.78 is 17.5. The van der Waals surface area contributed by atoms with Crippen molar-refractivity contribution in [1.82, 2.24) is 5.32 Å². The highest BCUT2D eigenvalue weighted by molar-refractivity contribution is 5.97. The van der Waals surface area contributed by atoms with E-state index in [1.807, 2.05) is 81.4 Å². The van der Waals surface area contributed by atoms with Crippen LogP contribution in [0.5, 0.6) is 11.5 Å². The number of amides is 1. The van der Waals surface area contributed by atoms with E-state index in [2.05, 4.69) is 5.32 Å². The summed E-state index contributed by atoms with van der Waals surface area (Å²) in [6.45, 7) is 6.48. The maximum absolute atomic E-state index is 13.0. The minimum atomic E-state index is -0.522. The molecule has 3 rings (SSSR count). The van der Waals surface area contributed by atoms with Gasteiger partial charge in [-0.1, -0.05) is 66.7 Å². The van der Waals surface area contributed by atoms with Crippen molar-refractivity contribution in [2.45, 2.75) is 52.4 Å². The molecule has 0 spiro atoms. The number of carbonyl (C=O) groups is 2. The minimum Gasteiger partial charge on any atom is -0.485 e. The molecule has 0 bridgehead atoms. The van der Waals surface area contributed by atoms with Crippen molar-refractivity contribution in [2.75, 3.05) is 6.54 Å². The average molecular weight is 476 g/mol. The quantitative estimate of drug-likeness (QED) is 0.285.